The molecule has 2 aromatic rings. The lowest BCUT2D eigenvalue weighted by Gasteiger charge is -2.35. The Morgan fingerprint density at radius 3 is 3.00 bits per heavy atom. The second-order valence-corrected chi connectivity index (χ2v) is 6.65. The van der Waals surface area contributed by atoms with Gasteiger partial charge in [-0.3, -0.25) is 9.99 Å². The first kappa shape index (κ1) is 16.7. The molecule has 4 rings (SSSR count). The van der Waals surface area contributed by atoms with E-state index in [0.29, 0.717) is 6.54 Å². The molecule has 1 saturated heterocycles. The van der Waals surface area contributed by atoms with E-state index in [1.807, 2.05) is 42.7 Å². The summed E-state index contributed by atoms with van der Waals surface area (Å²) in [4.78, 5) is 6.67. The summed E-state index contributed by atoms with van der Waals surface area (Å²) in [7, 11) is 0. The molecule has 0 saturated carbocycles. The minimum absolute atomic E-state index is 0.263. The normalized spacial score (nSPS) is 20.1. The van der Waals surface area contributed by atoms with Gasteiger partial charge in [0.1, 0.15) is 12.0 Å². The molecule has 0 unspecified atom stereocenters. The van der Waals surface area contributed by atoms with Crippen molar-refractivity contribution in [3.8, 4) is 11.3 Å². The van der Waals surface area contributed by atoms with Gasteiger partial charge in [0.25, 0.3) is 0 Å². The van der Waals surface area contributed by atoms with Crippen molar-refractivity contribution in [1.29, 1.82) is 0 Å². The first-order valence-electron chi connectivity index (χ1n) is 8.83. The molecule has 2 aliphatic heterocycles. The number of morpholine rings is 1. The molecule has 0 aliphatic carbocycles. The Labute approximate surface area is 152 Å². The highest BCUT2D eigenvalue weighted by Crippen LogP contribution is 2.23. The fourth-order valence-electron chi connectivity index (χ4n) is 3.15. The van der Waals surface area contributed by atoms with Gasteiger partial charge in [0.2, 0.25) is 0 Å². The molecule has 1 atom stereocenters. The molecular formula is C19H23N5O2. The summed E-state index contributed by atoms with van der Waals surface area (Å²) in [5.74, 6) is 0. The second kappa shape index (κ2) is 7.21. The van der Waals surface area contributed by atoms with Gasteiger partial charge in [-0.15, -0.1) is 0 Å². The van der Waals surface area contributed by atoms with E-state index in [1.165, 1.54) is 5.70 Å². The van der Waals surface area contributed by atoms with Crippen molar-refractivity contribution in [3.63, 3.8) is 0 Å². The fraction of sp³-hybridized carbons (Fsp3) is 0.368. The predicted octanol–water partition coefficient (Wildman–Crippen LogP) is 2.44. The Balaban J connectivity index is 1.42. The van der Waals surface area contributed by atoms with E-state index in [4.69, 9.17) is 9.26 Å². The molecule has 1 N–H and O–H groups in total. The lowest BCUT2D eigenvalue weighted by molar-refractivity contribution is -0.00513. The van der Waals surface area contributed by atoms with Gasteiger partial charge in [-0.05, 0) is 32.1 Å². The molecule has 0 bridgehead atoms. The van der Waals surface area contributed by atoms with Gasteiger partial charge in [0.05, 0.1) is 25.0 Å². The molecule has 136 valence electrons. The van der Waals surface area contributed by atoms with E-state index in [1.54, 1.807) is 6.26 Å². The van der Waals surface area contributed by atoms with Crippen LogP contribution in [0.4, 0.5) is 0 Å². The molecule has 0 spiro atoms. The number of aryl methyl sites for hydroxylation is 1. The summed E-state index contributed by atoms with van der Waals surface area (Å²) in [6, 6.07) is 3.99. The molecule has 0 amide bonds. The molecule has 4 heterocycles. The monoisotopic (exact) mass is 353 g/mol. The highest BCUT2D eigenvalue weighted by atomic mass is 16.5. The molecule has 7 nitrogen and oxygen atoms in total. The van der Waals surface area contributed by atoms with E-state index in [9.17, 15) is 0 Å². The minimum atomic E-state index is 0.263. The van der Waals surface area contributed by atoms with Crippen LogP contribution in [0.1, 0.15) is 18.2 Å². The standard InChI is InChI=1S/C19H23N5O2/c1-14-3-4-16(9-20-14)19-17(13-26-22-19)12-24-6-5-18(10-21-24)23-7-8-25-15(2)11-23/h3-6,9-10,13,15,21H,7-8,11-12H2,1-2H3/t15-/m0/s1. The van der Waals surface area contributed by atoms with Crippen molar-refractivity contribution in [3.05, 3.63) is 60.0 Å². The van der Waals surface area contributed by atoms with Crippen LogP contribution in [0.2, 0.25) is 0 Å². The molecular weight excluding hydrogens is 330 g/mol. The first-order chi connectivity index (χ1) is 12.7. The maximum atomic E-state index is 5.61. The number of hydrazine groups is 1. The van der Waals surface area contributed by atoms with Gasteiger partial charge in [0, 0.05) is 48.5 Å². The van der Waals surface area contributed by atoms with Gasteiger partial charge in [0.15, 0.2) is 0 Å². The van der Waals surface area contributed by atoms with Gasteiger partial charge >= 0.3 is 0 Å². The zero-order chi connectivity index (χ0) is 17.9. The quantitative estimate of drug-likeness (QED) is 0.905. The SMILES string of the molecule is Cc1ccc(-c2nocc2CN2C=CC(N3CCO[C@@H](C)C3)=CN2)cn1. The summed E-state index contributed by atoms with van der Waals surface area (Å²) < 4.78 is 10.8. The Bertz CT molecular complexity index is 812. The second-order valence-electron chi connectivity index (χ2n) is 6.65. The third-order valence-corrected chi connectivity index (χ3v) is 4.58. The average Bonchev–Trinajstić information content (AvgIpc) is 3.11. The third-order valence-electron chi connectivity index (χ3n) is 4.58. The summed E-state index contributed by atoms with van der Waals surface area (Å²) in [5.41, 5.74) is 8.26. The number of rotatable bonds is 4. The smallest absolute Gasteiger partial charge is 0.129 e. The molecule has 0 radical (unpaired) electrons. The molecule has 2 aromatic heterocycles. The number of hydrogen-bond donors (Lipinski definition) is 1. The van der Waals surface area contributed by atoms with Crippen LogP contribution in [0.3, 0.4) is 0 Å². The number of nitrogens with zero attached hydrogens (tertiary/aromatic N) is 4. The number of pyridine rings is 1. The van der Waals surface area contributed by atoms with Gasteiger partial charge < -0.3 is 19.6 Å². The zero-order valence-electron chi connectivity index (χ0n) is 15.1. The van der Waals surface area contributed by atoms with Crippen LogP contribution in [-0.4, -0.2) is 45.8 Å². The Kier molecular flexibility index (Phi) is 4.62. The highest BCUT2D eigenvalue weighted by molar-refractivity contribution is 5.61. The Morgan fingerprint density at radius 2 is 2.27 bits per heavy atom. The lowest BCUT2D eigenvalue weighted by Crippen LogP contribution is -2.42. The topological polar surface area (TPSA) is 66.7 Å². The highest BCUT2D eigenvalue weighted by Gasteiger charge is 2.20. The summed E-state index contributed by atoms with van der Waals surface area (Å²) in [5, 5.41) is 6.15. The van der Waals surface area contributed by atoms with Gasteiger partial charge in [-0.1, -0.05) is 5.16 Å². The molecule has 26 heavy (non-hydrogen) atoms. The zero-order valence-corrected chi connectivity index (χ0v) is 15.1. The van der Waals surface area contributed by atoms with Crippen LogP contribution < -0.4 is 5.43 Å². The number of allylic oxidation sites excluding steroid dienone is 1. The molecule has 7 heteroatoms. The van der Waals surface area contributed by atoms with Crippen molar-refractivity contribution in [2.24, 2.45) is 0 Å². The summed E-state index contributed by atoms with van der Waals surface area (Å²) >= 11 is 0. The Hall–Kier alpha value is -2.80. The van der Waals surface area contributed by atoms with Crippen molar-refractivity contribution in [2.75, 3.05) is 19.7 Å². The molecule has 1 fully saturated rings. The maximum absolute atomic E-state index is 5.61. The molecule has 2 aliphatic rings. The van der Waals surface area contributed by atoms with Crippen LogP contribution in [0.15, 0.2) is 53.3 Å². The predicted molar refractivity (Wildman–Crippen MR) is 97.4 cm³/mol. The van der Waals surface area contributed by atoms with E-state index in [0.717, 1.165) is 42.2 Å². The fourth-order valence-corrected chi connectivity index (χ4v) is 3.15. The van der Waals surface area contributed by atoms with Crippen LogP contribution in [0.5, 0.6) is 0 Å². The van der Waals surface area contributed by atoms with Crippen molar-refractivity contribution >= 4 is 0 Å². The third kappa shape index (κ3) is 3.57. The van der Waals surface area contributed by atoms with Crippen LogP contribution in [-0.2, 0) is 11.3 Å². The summed E-state index contributed by atoms with van der Waals surface area (Å²) in [6.45, 7) is 7.31. The van der Waals surface area contributed by atoms with E-state index in [-0.39, 0.29) is 6.10 Å². The van der Waals surface area contributed by atoms with Crippen molar-refractivity contribution < 1.29 is 9.26 Å². The Morgan fingerprint density at radius 1 is 1.35 bits per heavy atom. The number of nitrogens with one attached hydrogen (secondary N) is 1. The van der Waals surface area contributed by atoms with Crippen molar-refractivity contribution in [2.45, 2.75) is 26.5 Å². The first-order valence-corrected chi connectivity index (χ1v) is 8.83. The lowest BCUT2D eigenvalue weighted by atomic mass is 10.1. The average molecular weight is 353 g/mol. The van der Waals surface area contributed by atoms with Gasteiger partial charge in [-0.25, -0.2) is 0 Å². The maximum Gasteiger partial charge on any atom is 0.129 e. The minimum Gasteiger partial charge on any atom is -0.375 e. The number of hydrogen-bond acceptors (Lipinski definition) is 7. The van der Waals surface area contributed by atoms with E-state index >= 15 is 0 Å². The molecule has 0 aromatic carbocycles. The van der Waals surface area contributed by atoms with E-state index in [2.05, 4.69) is 33.5 Å². The van der Waals surface area contributed by atoms with Crippen LogP contribution in [0.25, 0.3) is 11.3 Å². The number of aromatic nitrogens is 2. The van der Waals surface area contributed by atoms with Gasteiger partial charge in [-0.2, -0.15) is 0 Å². The van der Waals surface area contributed by atoms with Crippen LogP contribution >= 0.6 is 0 Å². The number of ether oxygens (including phenoxy) is 1. The van der Waals surface area contributed by atoms with Crippen LogP contribution in [0, 0.1) is 6.92 Å². The largest absolute Gasteiger partial charge is 0.375 e. The van der Waals surface area contributed by atoms with Crippen molar-refractivity contribution in [1.82, 2.24) is 25.5 Å². The summed E-state index contributed by atoms with van der Waals surface area (Å²) in [6.07, 6.45) is 9.97. The van der Waals surface area contributed by atoms with E-state index < -0.39 is 0 Å².